The molecule has 0 aliphatic rings. The number of amides is 1. The second-order valence-electron chi connectivity index (χ2n) is 7.39. The molecule has 182 valence electrons. The summed E-state index contributed by atoms with van der Waals surface area (Å²) < 4.78 is 21.2. The molecule has 0 saturated heterocycles. The zero-order valence-corrected chi connectivity index (χ0v) is 20.0. The minimum Gasteiger partial charge on any atom is -0.506 e. The fourth-order valence-electron chi connectivity index (χ4n) is 3.35. The maximum Gasteiger partial charge on any atom is 0.248 e. The summed E-state index contributed by atoms with van der Waals surface area (Å²) in [7, 11) is 6.19. The van der Waals surface area contributed by atoms with E-state index in [-0.39, 0.29) is 11.4 Å². The SMILES string of the molecule is COc1ccc(/C=C/C(=O)Nc2cc(C=Cc3cc(OC)c(OC)c(OC)c3)ccc2O)cc1N. The fraction of sp³-hybridized carbons (Fsp3) is 0.148. The lowest BCUT2D eigenvalue weighted by molar-refractivity contribution is -0.111. The van der Waals surface area contributed by atoms with Crippen LogP contribution in [0.25, 0.3) is 18.2 Å². The highest BCUT2D eigenvalue weighted by molar-refractivity contribution is 6.03. The minimum atomic E-state index is -0.402. The number of carbonyl (C=O) groups is 1. The van der Waals surface area contributed by atoms with E-state index in [1.165, 1.54) is 19.3 Å². The van der Waals surface area contributed by atoms with Crippen LogP contribution in [-0.4, -0.2) is 39.5 Å². The van der Waals surface area contributed by atoms with Crippen molar-refractivity contribution in [2.45, 2.75) is 0 Å². The Balaban J connectivity index is 1.76. The minimum absolute atomic E-state index is 0.0506. The van der Waals surface area contributed by atoms with Gasteiger partial charge < -0.3 is 35.1 Å². The van der Waals surface area contributed by atoms with Crippen molar-refractivity contribution in [2.24, 2.45) is 0 Å². The van der Waals surface area contributed by atoms with Gasteiger partial charge in [-0.2, -0.15) is 0 Å². The Bertz CT molecular complexity index is 1240. The average Bonchev–Trinajstić information content (AvgIpc) is 2.87. The lowest BCUT2D eigenvalue weighted by Gasteiger charge is -2.12. The summed E-state index contributed by atoms with van der Waals surface area (Å²) in [5, 5.41) is 12.9. The molecule has 3 aromatic carbocycles. The number of aromatic hydroxyl groups is 1. The molecule has 0 aliphatic heterocycles. The lowest BCUT2D eigenvalue weighted by Crippen LogP contribution is -2.08. The van der Waals surface area contributed by atoms with Crippen molar-refractivity contribution in [1.29, 1.82) is 0 Å². The van der Waals surface area contributed by atoms with Crippen LogP contribution in [0, 0.1) is 0 Å². The first-order valence-electron chi connectivity index (χ1n) is 10.6. The largest absolute Gasteiger partial charge is 0.506 e. The molecule has 0 heterocycles. The van der Waals surface area contributed by atoms with E-state index >= 15 is 0 Å². The van der Waals surface area contributed by atoms with E-state index in [9.17, 15) is 9.90 Å². The van der Waals surface area contributed by atoms with Crippen molar-refractivity contribution >= 4 is 35.5 Å². The Morgan fingerprint density at radius 1 is 0.771 bits per heavy atom. The van der Waals surface area contributed by atoms with Crippen LogP contribution < -0.4 is 30.0 Å². The molecule has 8 heteroatoms. The van der Waals surface area contributed by atoms with Crippen molar-refractivity contribution in [3.8, 4) is 28.7 Å². The normalized spacial score (nSPS) is 11.0. The van der Waals surface area contributed by atoms with Gasteiger partial charge in [-0.05, 0) is 59.2 Å². The molecule has 4 N–H and O–H groups in total. The zero-order valence-electron chi connectivity index (χ0n) is 20.0. The molecule has 3 rings (SSSR count). The summed E-state index contributed by atoms with van der Waals surface area (Å²) in [4.78, 5) is 12.4. The Morgan fingerprint density at radius 2 is 1.37 bits per heavy atom. The van der Waals surface area contributed by atoms with Gasteiger partial charge in [-0.1, -0.05) is 24.3 Å². The molecule has 35 heavy (non-hydrogen) atoms. The van der Waals surface area contributed by atoms with Gasteiger partial charge in [0.25, 0.3) is 0 Å². The van der Waals surface area contributed by atoms with Gasteiger partial charge in [0.15, 0.2) is 11.5 Å². The number of ether oxygens (including phenoxy) is 4. The van der Waals surface area contributed by atoms with Gasteiger partial charge in [0, 0.05) is 6.08 Å². The Kier molecular flexibility index (Phi) is 8.24. The van der Waals surface area contributed by atoms with Crippen molar-refractivity contribution in [3.63, 3.8) is 0 Å². The van der Waals surface area contributed by atoms with E-state index in [1.54, 1.807) is 57.7 Å². The van der Waals surface area contributed by atoms with Crippen LogP contribution in [-0.2, 0) is 4.79 Å². The number of rotatable bonds is 9. The number of phenols is 1. The predicted molar refractivity (Wildman–Crippen MR) is 138 cm³/mol. The molecule has 0 fully saturated rings. The number of anilines is 2. The van der Waals surface area contributed by atoms with E-state index < -0.39 is 5.91 Å². The monoisotopic (exact) mass is 476 g/mol. The highest BCUT2D eigenvalue weighted by atomic mass is 16.5. The molecule has 0 unspecified atom stereocenters. The number of methoxy groups -OCH3 is 4. The summed E-state index contributed by atoms with van der Waals surface area (Å²) in [6.45, 7) is 0. The predicted octanol–water partition coefficient (Wildman–Crippen LogP) is 4.83. The third-order valence-corrected chi connectivity index (χ3v) is 5.11. The van der Waals surface area contributed by atoms with E-state index in [1.807, 2.05) is 24.3 Å². The Morgan fingerprint density at radius 3 is 1.97 bits per heavy atom. The first-order chi connectivity index (χ1) is 16.9. The van der Waals surface area contributed by atoms with Gasteiger partial charge >= 0.3 is 0 Å². The van der Waals surface area contributed by atoms with E-state index in [0.717, 1.165) is 16.7 Å². The molecule has 0 bridgehead atoms. The first-order valence-corrected chi connectivity index (χ1v) is 10.6. The number of nitrogens with two attached hydrogens (primary N) is 1. The van der Waals surface area contributed by atoms with Gasteiger partial charge in [-0.15, -0.1) is 0 Å². The molecule has 0 radical (unpaired) electrons. The number of nitrogen functional groups attached to an aromatic ring is 1. The molecule has 0 spiro atoms. The molecule has 0 saturated carbocycles. The zero-order chi connectivity index (χ0) is 25.4. The molecule has 8 nitrogen and oxygen atoms in total. The second kappa shape index (κ2) is 11.5. The smallest absolute Gasteiger partial charge is 0.248 e. The maximum atomic E-state index is 12.4. The number of nitrogens with one attached hydrogen (secondary N) is 1. The molecule has 0 aliphatic carbocycles. The van der Waals surface area contributed by atoms with Crippen LogP contribution in [0.1, 0.15) is 16.7 Å². The number of benzene rings is 3. The Hall–Kier alpha value is -4.59. The van der Waals surface area contributed by atoms with Crippen LogP contribution >= 0.6 is 0 Å². The van der Waals surface area contributed by atoms with E-state index in [0.29, 0.717) is 28.7 Å². The molecule has 0 atom stereocenters. The number of carbonyl (C=O) groups excluding carboxylic acids is 1. The van der Waals surface area contributed by atoms with Crippen LogP contribution in [0.2, 0.25) is 0 Å². The highest BCUT2D eigenvalue weighted by Crippen LogP contribution is 2.38. The van der Waals surface area contributed by atoms with Crippen LogP contribution in [0.15, 0.2) is 54.6 Å². The first kappa shape index (κ1) is 25.0. The van der Waals surface area contributed by atoms with Crippen LogP contribution in [0.4, 0.5) is 11.4 Å². The lowest BCUT2D eigenvalue weighted by atomic mass is 10.1. The highest BCUT2D eigenvalue weighted by Gasteiger charge is 2.12. The topological polar surface area (TPSA) is 112 Å². The molecular weight excluding hydrogens is 448 g/mol. The van der Waals surface area contributed by atoms with E-state index in [4.69, 9.17) is 24.7 Å². The second-order valence-corrected chi connectivity index (χ2v) is 7.39. The fourth-order valence-corrected chi connectivity index (χ4v) is 3.35. The summed E-state index contributed by atoms with van der Waals surface area (Å²) >= 11 is 0. The van der Waals surface area contributed by atoms with Gasteiger partial charge in [-0.3, -0.25) is 4.79 Å². The number of hydrogen-bond donors (Lipinski definition) is 3. The summed E-state index contributed by atoms with van der Waals surface area (Å²) in [5.74, 6) is 1.69. The Labute approximate surface area is 204 Å². The maximum absolute atomic E-state index is 12.4. The van der Waals surface area contributed by atoms with Gasteiger partial charge in [0.05, 0.1) is 39.8 Å². The third-order valence-electron chi connectivity index (χ3n) is 5.11. The van der Waals surface area contributed by atoms with Crippen LogP contribution in [0.3, 0.4) is 0 Å². The molecule has 1 amide bonds. The van der Waals surface area contributed by atoms with Crippen molar-refractivity contribution < 1.29 is 28.8 Å². The van der Waals surface area contributed by atoms with Crippen molar-refractivity contribution in [3.05, 3.63) is 71.3 Å². The summed E-state index contributed by atoms with van der Waals surface area (Å²) in [5.41, 5.74) is 8.97. The van der Waals surface area contributed by atoms with Gasteiger partial charge in [-0.25, -0.2) is 0 Å². The molecular formula is C27H28N2O6. The average molecular weight is 477 g/mol. The molecule has 0 aromatic heterocycles. The van der Waals surface area contributed by atoms with Crippen molar-refractivity contribution in [1.82, 2.24) is 0 Å². The summed E-state index contributed by atoms with van der Waals surface area (Å²) in [6.07, 6.45) is 6.68. The van der Waals surface area contributed by atoms with E-state index in [2.05, 4.69) is 5.32 Å². The van der Waals surface area contributed by atoms with Crippen molar-refractivity contribution in [2.75, 3.05) is 39.5 Å². The summed E-state index contributed by atoms with van der Waals surface area (Å²) in [6, 6.07) is 13.8. The van der Waals surface area contributed by atoms with Gasteiger partial charge in [0.2, 0.25) is 11.7 Å². The van der Waals surface area contributed by atoms with Crippen LogP contribution in [0.5, 0.6) is 28.7 Å². The quantitative estimate of drug-likeness (QED) is 0.175. The van der Waals surface area contributed by atoms with Gasteiger partial charge in [0.1, 0.15) is 11.5 Å². The number of hydrogen-bond acceptors (Lipinski definition) is 7. The standard InChI is InChI=1S/C27H28N2O6/c1-32-23-11-8-17(13-20(23)28)9-12-26(31)29-21-14-18(7-10-22(21)30)5-6-19-15-24(33-2)27(35-4)25(16-19)34-3/h5-16,30H,28H2,1-4H3,(H,29,31)/b6-5?,12-9+. The third kappa shape index (κ3) is 6.26. The number of phenolic OH excluding ortho intramolecular Hbond substituents is 1. The molecule has 3 aromatic rings.